The SMILES string of the molecule is CCOC(=O)C1(NC(=O)c2cccc(NS(C)(=O)=O)c2)CCCCC1. The first-order valence-electron chi connectivity index (χ1n) is 8.33. The van der Waals surface area contributed by atoms with Crippen LogP contribution in [-0.2, 0) is 19.6 Å². The van der Waals surface area contributed by atoms with Crippen molar-refractivity contribution in [3.63, 3.8) is 0 Å². The summed E-state index contributed by atoms with van der Waals surface area (Å²) in [5.74, 6) is -0.833. The molecule has 0 radical (unpaired) electrons. The van der Waals surface area contributed by atoms with Gasteiger partial charge in [0.1, 0.15) is 5.54 Å². The lowest BCUT2D eigenvalue weighted by atomic mass is 9.81. The van der Waals surface area contributed by atoms with Crippen molar-refractivity contribution in [3.8, 4) is 0 Å². The molecule has 0 aromatic heterocycles. The van der Waals surface area contributed by atoms with Gasteiger partial charge in [-0.05, 0) is 38.0 Å². The highest BCUT2D eigenvalue weighted by atomic mass is 32.2. The van der Waals surface area contributed by atoms with Gasteiger partial charge in [-0.1, -0.05) is 25.3 Å². The highest BCUT2D eigenvalue weighted by Crippen LogP contribution is 2.30. The molecule has 25 heavy (non-hydrogen) atoms. The van der Waals surface area contributed by atoms with E-state index in [9.17, 15) is 18.0 Å². The normalized spacial score (nSPS) is 16.7. The monoisotopic (exact) mass is 368 g/mol. The number of hydrogen-bond donors (Lipinski definition) is 2. The van der Waals surface area contributed by atoms with Gasteiger partial charge >= 0.3 is 5.97 Å². The third kappa shape index (κ3) is 5.19. The summed E-state index contributed by atoms with van der Waals surface area (Å²) >= 11 is 0. The van der Waals surface area contributed by atoms with Gasteiger partial charge in [-0.25, -0.2) is 13.2 Å². The molecule has 2 N–H and O–H groups in total. The minimum atomic E-state index is -3.44. The van der Waals surface area contributed by atoms with Gasteiger partial charge in [0.25, 0.3) is 5.91 Å². The van der Waals surface area contributed by atoms with E-state index in [4.69, 9.17) is 4.74 Å². The third-order valence-corrected chi connectivity index (χ3v) is 4.76. The van der Waals surface area contributed by atoms with E-state index >= 15 is 0 Å². The van der Waals surface area contributed by atoms with Crippen LogP contribution in [0.3, 0.4) is 0 Å². The van der Waals surface area contributed by atoms with Crippen LogP contribution in [0.2, 0.25) is 0 Å². The Bertz CT molecular complexity index is 739. The van der Waals surface area contributed by atoms with Gasteiger partial charge in [-0.15, -0.1) is 0 Å². The number of ether oxygens (including phenoxy) is 1. The van der Waals surface area contributed by atoms with Crippen LogP contribution in [0.4, 0.5) is 5.69 Å². The first-order valence-corrected chi connectivity index (χ1v) is 10.2. The second-order valence-electron chi connectivity index (χ2n) is 6.27. The summed E-state index contributed by atoms with van der Waals surface area (Å²) in [6.45, 7) is 1.99. The molecule has 0 unspecified atom stereocenters. The lowest BCUT2D eigenvalue weighted by molar-refractivity contribution is -0.152. The van der Waals surface area contributed by atoms with Crippen molar-refractivity contribution in [1.82, 2.24) is 5.32 Å². The number of rotatable bonds is 6. The van der Waals surface area contributed by atoms with Crippen molar-refractivity contribution in [2.75, 3.05) is 17.6 Å². The van der Waals surface area contributed by atoms with Gasteiger partial charge in [-0.3, -0.25) is 9.52 Å². The van der Waals surface area contributed by atoms with Crippen LogP contribution in [0.25, 0.3) is 0 Å². The Balaban J connectivity index is 2.21. The third-order valence-electron chi connectivity index (χ3n) is 4.15. The first-order chi connectivity index (χ1) is 11.8. The van der Waals surface area contributed by atoms with Gasteiger partial charge in [0.2, 0.25) is 10.0 Å². The molecule has 1 saturated carbocycles. The van der Waals surface area contributed by atoms with Crippen molar-refractivity contribution in [2.24, 2.45) is 0 Å². The Morgan fingerprint density at radius 1 is 1.20 bits per heavy atom. The average Bonchev–Trinajstić information content (AvgIpc) is 2.54. The number of benzene rings is 1. The van der Waals surface area contributed by atoms with E-state index in [0.29, 0.717) is 18.5 Å². The minimum Gasteiger partial charge on any atom is -0.464 e. The summed E-state index contributed by atoms with van der Waals surface area (Å²) in [6, 6.07) is 6.16. The van der Waals surface area contributed by atoms with Crippen LogP contribution >= 0.6 is 0 Å². The van der Waals surface area contributed by atoms with Gasteiger partial charge in [0, 0.05) is 11.3 Å². The Kier molecular flexibility index (Phi) is 6.05. The standard InChI is InChI=1S/C17H24N2O5S/c1-3-24-16(21)17(10-5-4-6-11-17)18-15(20)13-8-7-9-14(12-13)19-25(2,22)23/h7-9,12,19H,3-6,10-11H2,1-2H3,(H,18,20). The van der Waals surface area contributed by atoms with Gasteiger partial charge < -0.3 is 10.1 Å². The highest BCUT2D eigenvalue weighted by molar-refractivity contribution is 7.92. The van der Waals surface area contributed by atoms with E-state index < -0.39 is 27.4 Å². The zero-order valence-electron chi connectivity index (χ0n) is 14.5. The fourth-order valence-electron chi connectivity index (χ4n) is 3.03. The summed E-state index contributed by atoms with van der Waals surface area (Å²) < 4.78 is 30.2. The van der Waals surface area contributed by atoms with Gasteiger partial charge in [-0.2, -0.15) is 0 Å². The molecule has 1 aromatic rings. The Hall–Kier alpha value is -2.09. The molecule has 0 spiro atoms. The van der Waals surface area contributed by atoms with E-state index in [1.54, 1.807) is 25.1 Å². The van der Waals surface area contributed by atoms with E-state index in [1.807, 2.05) is 0 Å². The van der Waals surface area contributed by atoms with Crippen LogP contribution in [-0.4, -0.2) is 38.7 Å². The molecule has 7 nitrogen and oxygen atoms in total. The predicted molar refractivity (Wildman–Crippen MR) is 94.8 cm³/mol. The maximum Gasteiger partial charge on any atom is 0.331 e. The summed E-state index contributed by atoms with van der Waals surface area (Å²) in [4.78, 5) is 25.1. The average molecular weight is 368 g/mol. The molecule has 138 valence electrons. The molecule has 0 heterocycles. The zero-order chi connectivity index (χ0) is 18.5. The maximum atomic E-state index is 12.6. The van der Waals surface area contributed by atoms with E-state index in [0.717, 1.165) is 25.5 Å². The molecule has 8 heteroatoms. The second kappa shape index (κ2) is 7.86. The number of hydrogen-bond acceptors (Lipinski definition) is 5. The fraction of sp³-hybridized carbons (Fsp3) is 0.529. The van der Waals surface area contributed by atoms with Crippen molar-refractivity contribution >= 4 is 27.6 Å². The topological polar surface area (TPSA) is 102 Å². The minimum absolute atomic E-state index is 0.254. The first kappa shape index (κ1) is 19.2. The molecule has 0 saturated heterocycles. The number of amides is 1. The van der Waals surface area contributed by atoms with Gasteiger partial charge in [0.05, 0.1) is 12.9 Å². The van der Waals surface area contributed by atoms with Crippen LogP contribution < -0.4 is 10.0 Å². The Morgan fingerprint density at radius 3 is 2.48 bits per heavy atom. The lowest BCUT2D eigenvalue weighted by Crippen LogP contribution is -2.56. The van der Waals surface area contributed by atoms with Crippen molar-refractivity contribution in [3.05, 3.63) is 29.8 Å². The van der Waals surface area contributed by atoms with Crippen molar-refractivity contribution < 1.29 is 22.7 Å². The number of esters is 1. The lowest BCUT2D eigenvalue weighted by Gasteiger charge is -2.35. The predicted octanol–water partition coefficient (Wildman–Crippen LogP) is 2.05. The number of nitrogens with one attached hydrogen (secondary N) is 2. The Labute approximate surface area is 148 Å². The molecule has 0 aliphatic heterocycles. The van der Waals surface area contributed by atoms with Crippen molar-refractivity contribution in [2.45, 2.75) is 44.6 Å². The number of carbonyl (C=O) groups is 2. The van der Waals surface area contributed by atoms with Crippen LogP contribution in [0, 0.1) is 0 Å². The molecule has 0 bridgehead atoms. The number of sulfonamides is 1. The molecule has 1 aromatic carbocycles. The zero-order valence-corrected chi connectivity index (χ0v) is 15.3. The molecule has 1 aliphatic rings. The summed E-state index contributed by atoms with van der Waals surface area (Å²) in [5.41, 5.74) is -0.433. The summed E-state index contributed by atoms with van der Waals surface area (Å²) in [6.07, 6.45) is 4.82. The largest absolute Gasteiger partial charge is 0.464 e. The molecule has 2 rings (SSSR count). The molecular weight excluding hydrogens is 344 g/mol. The molecule has 1 amide bonds. The van der Waals surface area contributed by atoms with Crippen LogP contribution in [0.5, 0.6) is 0 Å². The summed E-state index contributed by atoms with van der Waals surface area (Å²) in [7, 11) is -3.44. The van der Waals surface area contributed by atoms with Crippen LogP contribution in [0.1, 0.15) is 49.4 Å². The van der Waals surface area contributed by atoms with E-state index in [1.165, 1.54) is 6.07 Å². The summed E-state index contributed by atoms with van der Waals surface area (Å²) in [5, 5.41) is 2.83. The number of anilines is 1. The molecule has 1 fully saturated rings. The molecular formula is C17H24N2O5S. The Morgan fingerprint density at radius 2 is 1.88 bits per heavy atom. The quantitative estimate of drug-likeness (QED) is 0.748. The molecule has 0 atom stereocenters. The van der Waals surface area contributed by atoms with Crippen molar-refractivity contribution in [1.29, 1.82) is 0 Å². The highest BCUT2D eigenvalue weighted by Gasteiger charge is 2.42. The fourth-order valence-corrected chi connectivity index (χ4v) is 3.59. The maximum absolute atomic E-state index is 12.6. The molecule has 1 aliphatic carbocycles. The second-order valence-corrected chi connectivity index (χ2v) is 8.02. The van der Waals surface area contributed by atoms with E-state index in [-0.39, 0.29) is 12.2 Å². The van der Waals surface area contributed by atoms with Gasteiger partial charge in [0.15, 0.2) is 0 Å². The smallest absolute Gasteiger partial charge is 0.331 e. The number of carbonyl (C=O) groups excluding carboxylic acids is 2. The van der Waals surface area contributed by atoms with E-state index in [2.05, 4.69) is 10.0 Å². The van der Waals surface area contributed by atoms with Crippen LogP contribution in [0.15, 0.2) is 24.3 Å².